The van der Waals surface area contributed by atoms with Crippen LogP contribution in [0.25, 0.3) is 5.83 Å². The Morgan fingerprint density at radius 3 is 1.64 bits per heavy atom. The first kappa shape index (κ1) is 32.5. The number of nitrogens with zero attached hydrogens (tertiary/aromatic N) is 1. The lowest BCUT2D eigenvalue weighted by molar-refractivity contribution is -0.159. The Morgan fingerprint density at radius 1 is 0.738 bits per heavy atom. The summed E-state index contributed by atoms with van der Waals surface area (Å²) in [5.74, 6) is -3.58. The molecule has 2 saturated heterocycles. The highest BCUT2D eigenvalue weighted by molar-refractivity contribution is 5.89. The molecule has 0 aromatic carbocycles. The van der Waals surface area contributed by atoms with Gasteiger partial charge in [-0.15, -0.1) is 0 Å². The van der Waals surface area contributed by atoms with Gasteiger partial charge in [-0.05, 0) is 93.2 Å². The average Bonchev–Trinajstić information content (AvgIpc) is 2.84. The molecule has 1 aliphatic carbocycles. The Labute approximate surface area is 249 Å². The normalized spacial score (nSPS) is 28.0. The Kier molecular flexibility index (Phi) is 9.25. The molecule has 2 aliphatic heterocycles. The van der Waals surface area contributed by atoms with Gasteiger partial charge >= 0.3 is 11.9 Å². The van der Waals surface area contributed by atoms with E-state index in [2.05, 4.69) is 71.0 Å². The van der Waals surface area contributed by atoms with E-state index >= 15 is 8.78 Å². The van der Waals surface area contributed by atoms with Crippen molar-refractivity contribution in [3.8, 4) is 0 Å². The van der Waals surface area contributed by atoms with Gasteiger partial charge in [0.2, 0.25) is 0 Å². The summed E-state index contributed by atoms with van der Waals surface area (Å²) in [4.78, 5) is 29.7. The van der Waals surface area contributed by atoms with E-state index in [4.69, 9.17) is 9.47 Å². The van der Waals surface area contributed by atoms with E-state index in [1.165, 1.54) is 18.3 Å². The summed E-state index contributed by atoms with van der Waals surface area (Å²) in [6.45, 7) is 16.7. The summed E-state index contributed by atoms with van der Waals surface area (Å²) in [5.41, 5.74) is -0.595. The lowest BCUT2D eigenvalue weighted by atomic mass is 9.80. The number of aromatic nitrogens is 1. The lowest BCUT2D eigenvalue weighted by Gasteiger charge is -2.46. The van der Waals surface area contributed by atoms with Gasteiger partial charge in [0.15, 0.2) is 5.83 Å². The van der Waals surface area contributed by atoms with Crippen molar-refractivity contribution in [3.05, 3.63) is 35.4 Å². The number of ether oxygens (including phenoxy) is 2. The molecule has 3 fully saturated rings. The maximum absolute atomic E-state index is 15.2. The molecule has 1 saturated carbocycles. The van der Waals surface area contributed by atoms with Gasteiger partial charge in [-0.2, -0.15) is 0 Å². The van der Waals surface area contributed by atoms with E-state index < -0.39 is 23.5 Å². The van der Waals surface area contributed by atoms with Crippen molar-refractivity contribution in [3.63, 3.8) is 0 Å². The summed E-state index contributed by atoms with van der Waals surface area (Å²) in [7, 11) is 0. The van der Waals surface area contributed by atoms with E-state index in [0.29, 0.717) is 38.5 Å². The van der Waals surface area contributed by atoms with Gasteiger partial charge < -0.3 is 20.1 Å². The van der Waals surface area contributed by atoms with E-state index in [1.54, 1.807) is 0 Å². The predicted molar refractivity (Wildman–Crippen MR) is 159 cm³/mol. The summed E-state index contributed by atoms with van der Waals surface area (Å²) in [6.07, 6.45) is 5.23. The minimum atomic E-state index is -1.03. The number of carbonyl (C=O) groups excluding carboxylic acids is 2. The van der Waals surface area contributed by atoms with Gasteiger partial charge in [0.25, 0.3) is 0 Å². The molecular weight excluding hydrogens is 540 g/mol. The van der Waals surface area contributed by atoms with Crippen LogP contribution in [0, 0.1) is 11.8 Å². The number of carbonyl (C=O) groups is 2. The highest BCUT2D eigenvalue weighted by atomic mass is 19.2. The summed E-state index contributed by atoms with van der Waals surface area (Å²) < 4.78 is 42.0. The third-order valence-electron chi connectivity index (χ3n) is 8.71. The van der Waals surface area contributed by atoms with Crippen LogP contribution in [0.4, 0.5) is 8.78 Å². The summed E-state index contributed by atoms with van der Waals surface area (Å²) >= 11 is 0. The highest BCUT2D eigenvalue weighted by Gasteiger charge is 2.41. The topological polar surface area (TPSA) is 89.6 Å². The number of pyridine rings is 1. The number of nitrogens with one attached hydrogen (secondary N) is 2. The monoisotopic (exact) mass is 589 g/mol. The van der Waals surface area contributed by atoms with Crippen LogP contribution in [0.15, 0.2) is 24.2 Å². The minimum Gasteiger partial charge on any atom is -0.462 e. The van der Waals surface area contributed by atoms with Crippen LogP contribution in [0.2, 0.25) is 0 Å². The van der Waals surface area contributed by atoms with Crippen LogP contribution in [0.1, 0.15) is 123 Å². The van der Waals surface area contributed by atoms with Gasteiger partial charge in [0.1, 0.15) is 23.7 Å². The van der Waals surface area contributed by atoms with Crippen LogP contribution in [-0.2, 0) is 14.3 Å². The molecule has 0 bridgehead atoms. The van der Waals surface area contributed by atoms with Crippen LogP contribution < -0.4 is 10.6 Å². The van der Waals surface area contributed by atoms with E-state index in [9.17, 15) is 9.59 Å². The predicted octanol–water partition coefficient (Wildman–Crippen LogP) is 6.81. The molecule has 234 valence electrons. The fraction of sp³-hybridized carbons (Fsp3) is 0.727. The van der Waals surface area contributed by atoms with Gasteiger partial charge in [0, 0.05) is 60.0 Å². The molecule has 0 radical (unpaired) electrons. The molecule has 42 heavy (non-hydrogen) atoms. The smallest absolute Gasteiger partial charge is 0.339 e. The first-order chi connectivity index (χ1) is 19.3. The van der Waals surface area contributed by atoms with Crippen LogP contribution in [0.5, 0.6) is 0 Å². The Balaban J connectivity index is 1.31. The van der Waals surface area contributed by atoms with Crippen molar-refractivity contribution in [1.29, 1.82) is 0 Å². The SMILES string of the molecule is CC1(C)CC(OC(=O)c2ccc(/C(F)=C(\F)C3CCC(C(=O)OC4CC(C)(C)NC(C)(C)C4)CC3)nc2)CC(C)(C)N1. The lowest BCUT2D eigenvalue weighted by Crippen LogP contribution is -2.59. The third-order valence-corrected chi connectivity index (χ3v) is 8.71. The second-order valence-corrected chi connectivity index (χ2v) is 15.3. The van der Waals surface area contributed by atoms with Gasteiger partial charge in [0.05, 0.1) is 11.5 Å². The molecular formula is C33H49F2N3O4. The molecule has 0 atom stereocenters. The van der Waals surface area contributed by atoms with Gasteiger partial charge in [-0.1, -0.05) is 0 Å². The zero-order chi connectivity index (χ0) is 31.1. The molecule has 1 aromatic heterocycles. The van der Waals surface area contributed by atoms with Crippen molar-refractivity contribution < 1.29 is 27.8 Å². The first-order valence-corrected chi connectivity index (χ1v) is 15.4. The van der Waals surface area contributed by atoms with Crippen molar-refractivity contribution in [2.45, 2.75) is 141 Å². The number of hydrogen-bond donors (Lipinski definition) is 2. The summed E-state index contributed by atoms with van der Waals surface area (Å²) in [6, 6.07) is 2.73. The summed E-state index contributed by atoms with van der Waals surface area (Å²) in [5, 5.41) is 7.13. The molecule has 0 amide bonds. The minimum absolute atomic E-state index is 0.135. The number of esters is 2. The number of piperidine rings is 2. The molecule has 9 heteroatoms. The van der Waals surface area contributed by atoms with Crippen LogP contribution >= 0.6 is 0 Å². The molecule has 1 aromatic rings. The maximum Gasteiger partial charge on any atom is 0.339 e. The molecule has 0 spiro atoms. The number of allylic oxidation sites excluding steroid dienone is 1. The Hall–Kier alpha value is -2.39. The van der Waals surface area contributed by atoms with Gasteiger partial charge in [-0.3, -0.25) is 9.78 Å². The van der Waals surface area contributed by atoms with E-state index in [-0.39, 0.29) is 57.5 Å². The fourth-order valence-corrected chi connectivity index (χ4v) is 7.63. The van der Waals surface area contributed by atoms with Crippen molar-refractivity contribution >= 4 is 17.8 Å². The van der Waals surface area contributed by atoms with Crippen LogP contribution in [0.3, 0.4) is 0 Å². The average molecular weight is 590 g/mol. The molecule has 0 unspecified atom stereocenters. The Morgan fingerprint density at radius 2 is 1.19 bits per heavy atom. The van der Waals surface area contributed by atoms with Crippen molar-refractivity contribution in [1.82, 2.24) is 15.6 Å². The number of halogens is 2. The first-order valence-electron chi connectivity index (χ1n) is 15.4. The molecule has 3 heterocycles. The molecule has 7 nitrogen and oxygen atoms in total. The quantitative estimate of drug-likeness (QED) is 0.352. The Bertz CT molecular complexity index is 1150. The zero-order valence-corrected chi connectivity index (χ0v) is 26.5. The second kappa shape index (κ2) is 11.9. The van der Waals surface area contributed by atoms with E-state index in [0.717, 1.165) is 12.8 Å². The van der Waals surface area contributed by atoms with Gasteiger partial charge in [-0.25, -0.2) is 13.6 Å². The zero-order valence-electron chi connectivity index (χ0n) is 26.5. The molecule has 3 aliphatic rings. The maximum atomic E-state index is 15.2. The largest absolute Gasteiger partial charge is 0.462 e. The number of hydrogen-bond acceptors (Lipinski definition) is 7. The third kappa shape index (κ3) is 8.37. The molecule has 2 N–H and O–H groups in total. The highest BCUT2D eigenvalue weighted by Crippen LogP contribution is 2.39. The molecule has 4 rings (SSSR count). The van der Waals surface area contributed by atoms with Crippen LogP contribution in [-0.4, -0.2) is 51.3 Å². The van der Waals surface area contributed by atoms with Crippen molar-refractivity contribution in [2.24, 2.45) is 11.8 Å². The second-order valence-electron chi connectivity index (χ2n) is 15.3. The number of rotatable bonds is 6. The standard InChI is InChI=1S/C33H49F2N3O4/c1-30(2)15-23(16-31(3,4)37-30)41-28(39)21-11-9-20(10-12-21)26(34)27(35)25-14-13-22(19-36-25)29(40)42-24-17-32(5,6)38-33(7,8)18-24/h13-14,19-21,23-24,37-38H,9-12,15-18H2,1-8H3/b27-26+. The fourth-order valence-electron chi connectivity index (χ4n) is 7.63. The van der Waals surface area contributed by atoms with Crippen molar-refractivity contribution in [2.75, 3.05) is 0 Å². The van der Waals surface area contributed by atoms with E-state index in [1.807, 2.05) is 0 Å².